The van der Waals surface area contributed by atoms with Crippen molar-refractivity contribution in [3.63, 3.8) is 0 Å². The summed E-state index contributed by atoms with van der Waals surface area (Å²) in [5, 5.41) is 1.06. The van der Waals surface area contributed by atoms with Gasteiger partial charge in [-0.1, -0.05) is 0 Å². The molecule has 1 amide bonds. The summed E-state index contributed by atoms with van der Waals surface area (Å²) in [6.07, 6.45) is 8.04. The summed E-state index contributed by atoms with van der Waals surface area (Å²) in [6.45, 7) is 2.08. The Hall–Kier alpha value is -5.22. The minimum atomic E-state index is 0.00275. The number of fused-ring (bicyclic) bond motifs is 4. The second-order valence-electron chi connectivity index (χ2n) is 13.8. The number of benzene rings is 2. The molecule has 248 valence electrons. The van der Waals surface area contributed by atoms with Gasteiger partial charge < -0.3 is 29.2 Å². The highest BCUT2D eigenvalue weighted by molar-refractivity contribution is 6.00. The van der Waals surface area contributed by atoms with Crippen LogP contribution >= 0.6 is 0 Å². The van der Waals surface area contributed by atoms with E-state index in [-0.39, 0.29) is 18.0 Å². The van der Waals surface area contributed by atoms with E-state index in [1.807, 2.05) is 48.3 Å². The minimum Gasteiger partial charge on any atom is -0.494 e. The molecule has 9 rings (SSSR count). The third-order valence-corrected chi connectivity index (χ3v) is 10.7. The van der Waals surface area contributed by atoms with Crippen LogP contribution in [-0.2, 0) is 20.2 Å². The molecule has 0 spiro atoms. The van der Waals surface area contributed by atoms with Crippen LogP contribution in [0, 0.1) is 11.8 Å². The number of carbonyl (C=O) groups is 1. The number of piperidine rings is 1. The predicted molar refractivity (Wildman–Crippen MR) is 188 cm³/mol. The molecule has 1 saturated heterocycles. The molecule has 3 fully saturated rings. The fraction of sp³-hybridized carbons (Fsp3) is 0.333. The van der Waals surface area contributed by atoms with Gasteiger partial charge in [0, 0.05) is 61.1 Å². The number of ether oxygens (including phenoxy) is 2. The van der Waals surface area contributed by atoms with E-state index in [2.05, 4.69) is 44.5 Å². The van der Waals surface area contributed by atoms with Crippen molar-refractivity contribution in [2.24, 2.45) is 24.6 Å². The molecule has 10 nitrogen and oxygen atoms in total. The zero-order valence-corrected chi connectivity index (χ0v) is 27.8. The molecule has 2 N–H and O–H groups in total. The number of carbonyl (C=O) groups excluding carboxylic acids is 1. The molecular weight excluding hydrogens is 614 g/mol. The lowest BCUT2D eigenvalue weighted by molar-refractivity contribution is 0.0700. The average molecular weight is 654 g/mol. The first-order chi connectivity index (χ1) is 23.9. The monoisotopic (exact) mass is 653 g/mol. The van der Waals surface area contributed by atoms with E-state index < -0.39 is 0 Å². The summed E-state index contributed by atoms with van der Waals surface area (Å²) in [6, 6.07) is 22.4. The van der Waals surface area contributed by atoms with Crippen LogP contribution in [0.2, 0.25) is 0 Å². The van der Waals surface area contributed by atoms with Gasteiger partial charge in [0.05, 0.1) is 24.0 Å². The maximum atomic E-state index is 13.8. The van der Waals surface area contributed by atoms with Gasteiger partial charge in [-0.2, -0.15) is 0 Å². The van der Waals surface area contributed by atoms with Crippen molar-refractivity contribution in [3.8, 4) is 34.3 Å². The van der Waals surface area contributed by atoms with Crippen molar-refractivity contribution < 1.29 is 14.3 Å². The van der Waals surface area contributed by atoms with Gasteiger partial charge in [-0.15, -0.1) is 0 Å². The van der Waals surface area contributed by atoms with Crippen molar-refractivity contribution in [2.45, 2.75) is 50.9 Å². The van der Waals surface area contributed by atoms with Gasteiger partial charge in [0.1, 0.15) is 29.3 Å². The number of hydrogen-bond acceptors (Lipinski definition) is 7. The van der Waals surface area contributed by atoms with Gasteiger partial charge >= 0.3 is 0 Å². The zero-order valence-electron chi connectivity index (χ0n) is 27.8. The average Bonchev–Trinajstić information content (AvgIpc) is 3.54. The number of nitrogens with two attached hydrogens (primary N) is 1. The smallest absolute Gasteiger partial charge is 0.254 e. The number of imidazole rings is 1. The van der Waals surface area contributed by atoms with Crippen LogP contribution < -0.4 is 15.2 Å². The molecule has 10 heteroatoms. The zero-order chi connectivity index (χ0) is 33.2. The molecule has 5 heterocycles. The summed E-state index contributed by atoms with van der Waals surface area (Å²) in [7, 11) is 3.67. The number of rotatable bonds is 9. The number of likely N-dealkylation sites (tertiary alicyclic amines) is 1. The third kappa shape index (κ3) is 5.22. The molecule has 4 aromatic heterocycles. The first-order valence-electron chi connectivity index (χ1n) is 17.2. The molecule has 2 bridgehead atoms. The Labute approximate surface area is 284 Å². The Kier molecular flexibility index (Phi) is 7.16. The van der Waals surface area contributed by atoms with Crippen LogP contribution in [0.5, 0.6) is 11.5 Å². The third-order valence-electron chi connectivity index (χ3n) is 10.7. The van der Waals surface area contributed by atoms with E-state index in [1.54, 1.807) is 19.5 Å². The molecule has 2 aliphatic carbocycles. The van der Waals surface area contributed by atoms with E-state index in [0.717, 1.165) is 82.1 Å². The lowest BCUT2D eigenvalue weighted by atomic mass is 10.1. The Morgan fingerprint density at radius 3 is 2.49 bits per heavy atom. The van der Waals surface area contributed by atoms with Gasteiger partial charge in [-0.3, -0.25) is 9.78 Å². The SMILES string of the molecule is COc1cc(C(=O)N2CC3CCC2C3N)cc2nc(-c3cc4ccc(-c5ccc(OCc6ccncc6)cc5)nc4n3CC3CC3)n(C)c12. The van der Waals surface area contributed by atoms with Crippen LogP contribution in [0.1, 0.15) is 41.6 Å². The summed E-state index contributed by atoms with van der Waals surface area (Å²) >= 11 is 0. The second-order valence-corrected chi connectivity index (χ2v) is 13.8. The van der Waals surface area contributed by atoms with E-state index in [9.17, 15) is 4.79 Å². The molecule has 2 saturated carbocycles. The lowest BCUT2D eigenvalue weighted by Gasteiger charge is -2.27. The summed E-state index contributed by atoms with van der Waals surface area (Å²) < 4.78 is 16.3. The summed E-state index contributed by atoms with van der Waals surface area (Å²) in [4.78, 5) is 30.2. The van der Waals surface area contributed by atoms with Crippen LogP contribution in [0.4, 0.5) is 0 Å². The van der Waals surface area contributed by atoms with Crippen LogP contribution in [-0.4, -0.2) is 60.6 Å². The van der Waals surface area contributed by atoms with Crippen molar-refractivity contribution in [2.75, 3.05) is 13.7 Å². The first-order valence-corrected chi connectivity index (χ1v) is 17.2. The van der Waals surface area contributed by atoms with Gasteiger partial charge in [-0.05, 0) is 110 Å². The normalized spacial score (nSPS) is 20.1. The minimum absolute atomic E-state index is 0.00275. The summed E-state index contributed by atoms with van der Waals surface area (Å²) in [5.74, 6) is 3.26. The van der Waals surface area contributed by atoms with Gasteiger partial charge in [0.15, 0.2) is 5.82 Å². The highest BCUT2D eigenvalue weighted by Gasteiger charge is 2.47. The van der Waals surface area contributed by atoms with Crippen molar-refractivity contribution >= 4 is 28.0 Å². The second kappa shape index (κ2) is 11.7. The first kappa shape index (κ1) is 29.9. The quantitative estimate of drug-likeness (QED) is 0.197. The lowest BCUT2D eigenvalue weighted by Crippen LogP contribution is -2.41. The highest BCUT2D eigenvalue weighted by atomic mass is 16.5. The van der Waals surface area contributed by atoms with Crippen molar-refractivity contribution in [1.82, 2.24) is 29.0 Å². The van der Waals surface area contributed by atoms with Crippen LogP contribution in [0.15, 0.2) is 79.1 Å². The van der Waals surface area contributed by atoms with Crippen molar-refractivity contribution in [1.29, 1.82) is 0 Å². The van der Waals surface area contributed by atoms with Gasteiger partial charge in [0.25, 0.3) is 5.91 Å². The van der Waals surface area contributed by atoms with Crippen molar-refractivity contribution in [3.05, 3.63) is 90.3 Å². The van der Waals surface area contributed by atoms with Crippen LogP contribution in [0.25, 0.3) is 44.8 Å². The van der Waals surface area contributed by atoms with E-state index in [1.165, 1.54) is 12.8 Å². The number of amides is 1. The molecule has 2 aromatic carbocycles. The Balaban J connectivity index is 1.06. The van der Waals surface area contributed by atoms with Gasteiger partial charge in [-0.25, -0.2) is 9.97 Å². The Morgan fingerprint density at radius 2 is 1.78 bits per heavy atom. The number of aryl methyl sites for hydroxylation is 1. The molecule has 3 unspecified atom stereocenters. The standard InChI is InChI=1S/C39H39N7O3/c1-44-36-31(17-28(19-34(36)48-2)39(47)46-21-27-8-12-32(46)35(27)40)43-38(44)33-18-26-7-11-30(42-37(26)45(33)20-23-3-4-23)25-5-9-29(10-6-25)49-22-24-13-15-41-16-14-24/h5-7,9-11,13-19,23,27,32,35H,3-4,8,12,20-22,40H2,1-2H3. The Bertz CT molecular complexity index is 2200. The molecule has 0 radical (unpaired) electrons. The number of aromatic nitrogens is 5. The molecule has 1 aliphatic heterocycles. The number of pyridine rings is 2. The largest absolute Gasteiger partial charge is 0.494 e. The topological polar surface area (TPSA) is 113 Å². The molecule has 6 aromatic rings. The summed E-state index contributed by atoms with van der Waals surface area (Å²) in [5.41, 5.74) is 13.6. The maximum Gasteiger partial charge on any atom is 0.254 e. The Morgan fingerprint density at radius 1 is 0.959 bits per heavy atom. The van der Waals surface area contributed by atoms with Crippen LogP contribution in [0.3, 0.4) is 0 Å². The van der Waals surface area contributed by atoms with E-state index in [0.29, 0.717) is 29.8 Å². The molecule has 3 atom stereocenters. The fourth-order valence-corrected chi connectivity index (χ4v) is 7.85. The van der Waals surface area contributed by atoms with Gasteiger partial charge in [0.2, 0.25) is 0 Å². The maximum absolute atomic E-state index is 13.8. The highest BCUT2D eigenvalue weighted by Crippen LogP contribution is 2.40. The molecular formula is C39H39N7O3. The number of hydrogen-bond donors (Lipinski definition) is 1. The predicted octanol–water partition coefficient (Wildman–Crippen LogP) is 6.21. The van der Waals surface area contributed by atoms with E-state index in [4.69, 9.17) is 25.2 Å². The molecule has 49 heavy (non-hydrogen) atoms. The van der Waals surface area contributed by atoms with E-state index >= 15 is 0 Å². The number of methoxy groups -OCH3 is 1. The molecule has 3 aliphatic rings. The number of nitrogens with zero attached hydrogens (tertiary/aromatic N) is 6. The fourth-order valence-electron chi connectivity index (χ4n) is 7.85.